The van der Waals surface area contributed by atoms with Crippen molar-refractivity contribution in [2.45, 2.75) is 13.0 Å². The van der Waals surface area contributed by atoms with Crippen LogP contribution in [0.15, 0.2) is 29.1 Å². The molecule has 1 saturated heterocycles. The maximum absolute atomic E-state index is 13.4. The molecule has 1 fully saturated rings. The average Bonchev–Trinajstić information content (AvgIpc) is 2.87. The summed E-state index contributed by atoms with van der Waals surface area (Å²) in [7, 11) is 4.00. The van der Waals surface area contributed by atoms with Crippen LogP contribution in [-0.4, -0.2) is 53.9 Å². The summed E-state index contributed by atoms with van der Waals surface area (Å²) in [5.74, 6) is -0.260. The van der Waals surface area contributed by atoms with Crippen molar-refractivity contribution in [3.05, 3.63) is 46.0 Å². The zero-order valence-corrected chi connectivity index (χ0v) is 13.5. The summed E-state index contributed by atoms with van der Waals surface area (Å²) in [5, 5.41) is 0.567. The Hall–Kier alpha value is -2.21. The Bertz CT molecular complexity index is 815. The molecule has 1 N–H and O–H groups in total. The van der Waals surface area contributed by atoms with Crippen molar-refractivity contribution in [2.75, 3.05) is 27.2 Å². The van der Waals surface area contributed by atoms with E-state index in [0.29, 0.717) is 41.5 Å². The summed E-state index contributed by atoms with van der Waals surface area (Å²) >= 11 is 0. The fourth-order valence-corrected chi connectivity index (χ4v) is 3.37. The molecule has 1 aromatic carbocycles. The molecule has 0 unspecified atom stereocenters. The Balaban J connectivity index is 2.00. The topological polar surface area (TPSA) is 56.4 Å². The standard InChI is InChI=1S/C17H20FN3O2/c1-10-8-21(9-15(10)20(2)3)17(23)13-7-16(22)19-14-6-11(18)4-5-12(13)14/h4-7,10,15H,8-9H2,1-3H3,(H,19,22)/t10-,15+/m0/s1. The van der Waals surface area contributed by atoms with Gasteiger partial charge in [0.1, 0.15) is 5.82 Å². The van der Waals surface area contributed by atoms with Gasteiger partial charge in [0, 0.05) is 30.6 Å². The number of aromatic nitrogens is 1. The van der Waals surface area contributed by atoms with Crippen LogP contribution in [0.4, 0.5) is 4.39 Å². The Labute approximate surface area is 133 Å². The average molecular weight is 317 g/mol. The molecular formula is C17H20FN3O2. The number of rotatable bonds is 2. The molecule has 2 heterocycles. The zero-order valence-electron chi connectivity index (χ0n) is 13.5. The van der Waals surface area contributed by atoms with Crippen LogP contribution in [0.5, 0.6) is 0 Å². The number of hydrogen-bond donors (Lipinski definition) is 1. The quantitative estimate of drug-likeness (QED) is 0.917. The molecule has 0 aliphatic carbocycles. The van der Waals surface area contributed by atoms with Crippen LogP contribution in [0, 0.1) is 11.7 Å². The van der Waals surface area contributed by atoms with Gasteiger partial charge in [0.2, 0.25) is 5.56 Å². The highest BCUT2D eigenvalue weighted by molar-refractivity contribution is 6.06. The number of hydrogen-bond acceptors (Lipinski definition) is 3. The molecule has 6 heteroatoms. The molecule has 1 aromatic heterocycles. The van der Waals surface area contributed by atoms with Crippen LogP contribution in [0.25, 0.3) is 10.9 Å². The number of H-pyrrole nitrogens is 1. The first kappa shape index (κ1) is 15.7. The van der Waals surface area contributed by atoms with Gasteiger partial charge in [0.25, 0.3) is 5.91 Å². The first-order valence-corrected chi connectivity index (χ1v) is 7.65. The number of amides is 1. The summed E-state index contributed by atoms with van der Waals surface area (Å²) in [5.41, 5.74) is 0.274. The van der Waals surface area contributed by atoms with Gasteiger partial charge in [0.05, 0.1) is 11.1 Å². The Morgan fingerprint density at radius 2 is 2.04 bits per heavy atom. The summed E-state index contributed by atoms with van der Waals surface area (Å²) in [6.07, 6.45) is 0. The van der Waals surface area contributed by atoms with Crippen LogP contribution in [0.2, 0.25) is 0 Å². The number of nitrogens with zero attached hydrogens (tertiary/aromatic N) is 2. The Kier molecular flexibility index (Phi) is 3.93. The molecular weight excluding hydrogens is 297 g/mol. The zero-order chi connectivity index (χ0) is 16.7. The van der Waals surface area contributed by atoms with Gasteiger partial charge in [-0.1, -0.05) is 6.92 Å². The molecule has 1 aliphatic heterocycles. The van der Waals surface area contributed by atoms with Crippen LogP contribution >= 0.6 is 0 Å². The molecule has 0 radical (unpaired) electrons. The van der Waals surface area contributed by atoms with Gasteiger partial charge in [-0.2, -0.15) is 0 Å². The van der Waals surface area contributed by atoms with E-state index in [1.165, 1.54) is 24.3 Å². The second-order valence-electron chi connectivity index (χ2n) is 6.46. The van der Waals surface area contributed by atoms with Crippen LogP contribution < -0.4 is 5.56 Å². The normalized spacial score (nSPS) is 21.3. The number of aromatic amines is 1. The maximum Gasteiger partial charge on any atom is 0.254 e. The second kappa shape index (κ2) is 5.77. The van der Waals surface area contributed by atoms with E-state index < -0.39 is 11.4 Å². The third-order valence-electron chi connectivity index (χ3n) is 4.56. The third kappa shape index (κ3) is 2.86. The van der Waals surface area contributed by atoms with E-state index in [0.717, 1.165) is 0 Å². The van der Waals surface area contributed by atoms with Gasteiger partial charge < -0.3 is 14.8 Å². The van der Waals surface area contributed by atoms with Gasteiger partial charge in [-0.15, -0.1) is 0 Å². The highest BCUT2D eigenvalue weighted by Crippen LogP contribution is 2.24. The lowest BCUT2D eigenvalue weighted by Crippen LogP contribution is -2.36. The first-order chi connectivity index (χ1) is 10.9. The summed E-state index contributed by atoms with van der Waals surface area (Å²) < 4.78 is 13.4. The molecule has 2 aromatic rings. The molecule has 3 rings (SSSR count). The number of halogens is 1. The van der Waals surface area contributed by atoms with E-state index in [1.807, 2.05) is 14.1 Å². The minimum absolute atomic E-state index is 0.177. The monoisotopic (exact) mass is 317 g/mol. The van der Waals surface area contributed by atoms with Crippen LogP contribution in [-0.2, 0) is 0 Å². The van der Waals surface area contributed by atoms with E-state index in [2.05, 4.69) is 16.8 Å². The largest absolute Gasteiger partial charge is 0.337 e. The van der Waals surface area contributed by atoms with Crippen molar-refractivity contribution in [1.29, 1.82) is 0 Å². The molecule has 5 nitrogen and oxygen atoms in total. The lowest BCUT2D eigenvalue weighted by atomic mass is 10.1. The van der Waals surface area contributed by atoms with Crippen molar-refractivity contribution < 1.29 is 9.18 Å². The Morgan fingerprint density at radius 3 is 2.70 bits per heavy atom. The lowest BCUT2D eigenvalue weighted by Gasteiger charge is -2.22. The number of benzene rings is 1. The van der Waals surface area contributed by atoms with Crippen molar-refractivity contribution in [1.82, 2.24) is 14.8 Å². The highest BCUT2D eigenvalue weighted by Gasteiger charge is 2.34. The maximum atomic E-state index is 13.4. The number of likely N-dealkylation sites (tertiary alicyclic amines) is 1. The van der Waals surface area contributed by atoms with Crippen LogP contribution in [0.3, 0.4) is 0 Å². The van der Waals surface area contributed by atoms with E-state index in [9.17, 15) is 14.0 Å². The van der Waals surface area contributed by atoms with E-state index in [1.54, 1.807) is 4.90 Å². The number of pyridine rings is 1. The minimum atomic E-state index is -0.444. The number of carbonyl (C=O) groups is 1. The van der Waals surface area contributed by atoms with Crippen LogP contribution in [0.1, 0.15) is 17.3 Å². The fourth-order valence-electron chi connectivity index (χ4n) is 3.37. The SMILES string of the molecule is C[C@H]1CN(C(=O)c2cc(=O)[nH]c3cc(F)ccc23)C[C@H]1N(C)C. The molecule has 23 heavy (non-hydrogen) atoms. The fraction of sp³-hybridized carbons (Fsp3) is 0.412. The minimum Gasteiger partial charge on any atom is -0.337 e. The Morgan fingerprint density at radius 1 is 1.30 bits per heavy atom. The van der Waals surface area contributed by atoms with E-state index >= 15 is 0 Å². The predicted octanol–water partition coefficient (Wildman–Crippen LogP) is 1.69. The lowest BCUT2D eigenvalue weighted by molar-refractivity contribution is 0.0783. The van der Waals surface area contributed by atoms with Gasteiger partial charge >= 0.3 is 0 Å². The van der Waals surface area contributed by atoms with Crippen molar-refractivity contribution in [2.24, 2.45) is 5.92 Å². The molecule has 0 saturated carbocycles. The predicted molar refractivity (Wildman–Crippen MR) is 87.1 cm³/mol. The number of fused-ring (bicyclic) bond motifs is 1. The van der Waals surface area contributed by atoms with E-state index in [-0.39, 0.29) is 5.91 Å². The first-order valence-electron chi connectivity index (χ1n) is 7.65. The van der Waals surface area contributed by atoms with Crippen molar-refractivity contribution >= 4 is 16.8 Å². The van der Waals surface area contributed by atoms with E-state index in [4.69, 9.17) is 0 Å². The van der Waals surface area contributed by atoms with Crippen molar-refractivity contribution in [3.63, 3.8) is 0 Å². The molecule has 1 aliphatic rings. The number of likely N-dealkylation sites (N-methyl/N-ethyl adjacent to an activating group) is 1. The summed E-state index contributed by atoms with van der Waals surface area (Å²) in [6, 6.07) is 5.67. The third-order valence-corrected chi connectivity index (χ3v) is 4.56. The van der Waals surface area contributed by atoms with Gasteiger partial charge in [0.15, 0.2) is 0 Å². The number of carbonyl (C=O) groups excluding carboxylic acids is 1. The van der Waals surface area contributed by atoms with Crippen molar-refractivity contribution in [3.8, 4) is 0 Å². The molecule has 0 bridgehead atoms. The van der Waals surface area contributed by atoms with Gasteiger partial charge in [-0.05, 0) is 38.2 Å². The summed E-state index contributed by atoms with van der Waals surface area (Å²) in [6.45, 7) is 3.39. The highest BCUT2D eigenvalue weighted by atomic mass is 19.1. The van der Waals surface area contributed by atoms with Gasteiger partial charge in [-0.3, -0.25) is 9.59 Å². The van der Waals surface area contributed by atoms with Gasteiger partial charge in [-0.25, -0.2) is 4.39 Å². The number of nitrogens with one attached hydrogen (secondary N) is 1. The smallest absolute Gasteiger partial charge is 0.254 e. The molecule has 1 amide bonds. The molecule has 2 atom stereocenters. The summed E-state index contributed by atoms with van der Waals surface area (Å²) in [4.78, 5) is 31.2. The second-order valence-corrected chi connectivity index (χ2v) is 6.46. The molecule has 122 valence electrons. The molecule has 0 spiro atoms.